The fraction of sp³-hybridized carbons (Fsp3) is 0.385. The number of carbonyl (C=O) groups is 1. The fourth-order valence-corrected chi connectivity index (χ4v) is 4.18. The highest BCUT2D eigenvalue weighted by Crippen LogP contribution is 2.20. The molecule has 5 heteroatoms. The zero-order valence-corrected chi connectivity index (χ0v) is 18.4. The van der Waals surface area contributed by atoms with Gasteiger partial charge in [0, 0.05) is 43.7 Å². The number of hydrogen-bond donors (Lipinski definition) is 0. The van der Waals surface area contributed by atoms with Gasteiger partial charge in [0.2, 0.25) is 0 Å². The molecular weight excluding hydrogens is 388 g/mol. The highest BCUT2D eigenvalue weighted by Gasteiger charge is 2.26. The zero-order chi connectivity index (χ0) is 22.2. The number of aryl methyl sites for hydroxylation is 2. The molecule has 164 valence electrons. The van der Waals surface area contributed by atoms with Gasteiger partial charge in [-0.15, -0.1) is 13.2 Å². The molecule has 0 N–H and O–H groups in total. The van der Waals surface area contributed by atoms with Crippen LogP contribution in [0.5, 0.6) is 0 Å². The van der Waals surface area contributed by atoms with Gasteiger partial charge < -0.3 is 14.2 Å². The van der Waals surface area contributed by atoms with Crippen LogP contribution in [0, 0.1) is 6.92 Å². The summed E-state index contributed by atoms with van der Waals surface area (Å²) in [4.78, 5) is 28.1. The SMILES string of the molecule is C=CCN(CC=C)C(=O)c1c(CCc2ccccc2)n(CC2CCCO2)c(C)cc1=O. The molecule has 5 nitrogen and oxygen atoms in total. The van der Waals surface area contributed by atoms with Crippen molar-refractivity contribution in [1.82, 2.24) is 9.47 Å². The maximum absolute atomic E-state index is 13.5. The molecule has 1 aliphatic heterocycles. The molecule has 0 radical (unpaired) electrons. The Morgan fingerprint density at radius 1 is 1.19 bits per heavy atom. The van der Waals surface area contributed by atoms with E-state index in [9.17, 15) is 9.59 Å². The molecule has 0 aliphatic carbocycles. The van der Waals surface area contributed by atoms with Crippen molar-refractivity contribution in [3.63, 3.8) is 0 Å². The summed E-state index contributed by atoms with van der Waals surface area (Å²) in [6, 6.07) is 11.7. The summed E-state index contributed by atoms with van der Waals surface area (Å²) in [6.07, 6.45) is 6.84. The smallest absolute Gasteiger partial charge is 0.260 e. The van der Waals surface area contributed by atoms with Crippen molar-refractivity contribution >= 4 is 5.91 Å². The lowest BCUT2D eigenvalue weighted by molar-refractivity contribution is 0.0783. The van der Waals surface area contributed by atoms with Crippen molar-refractivity contribution in [1.29, 1.82) is 0 Å². The van der Waals surface area contributed by atoms with Crippen LogP contribution in [0.25, 0.3) is 0 Å². The van der Waals surface area contributed by atoms with Crippen molar-refractivity contribution in [2.45, 2.75) is 45.3 Å². The second kappa shape index (κ2) is 10.9. The Bertz CT molecular complexity index is 962. The first-order valence-electron chi connectivity index (χ1n) is 10.9. The first kappa shape index (κ1) is 22.8. The summed E-state index contributed by atoms with van der Waals surface area (Å²) in [5, 5.41) is 0. The summed E-state index contributed by atoms with van der Waals surface area (Å²) < 4.78 is 7.98. The Balaban J connectivity index is 2.05. The molecule has 1 amide bonds. The molecule has 0 spiro atoms. The predicted octanol–water partition coefficient (Wildman–Crippen LogP) is 3.94. The molecule has 1 aromatic heterocycles. The highest BCUT2D eigenvalue weighted by atomic mass is 16.5. The lowest BCUT2D eigenvalue weighted by Gasteiger charge is -2.25. The van der Waals surface area contributed by atoms with Crippen LogP contribution in [0.15, 0.2) is 66.5 Å². The first-order chi connectivity index (χ1) is 15.0. The summed E-state index contributed by atoms with van der Waals surface area (Å²) in [7, 11) is 0. The van der Waals surface area contributed by atoms with Crippen LogP contribution >= 0.6 is 0 Å². The Hall–Kier alpha value is -2.92. The predicted molar refractivity (Wildman–Crippen MR) is 125 cm³/mol. The maximum Gasteiger partial charge on any atom is 0.260 e. The first-order valence-corrected chi connectivity index (χ1v) is 10.9. The van der Waals surface area contributed by atoms with Crippen LogP contribution in [0.4, 0.5) is 0 Å². The molecule has 0 bridgehead atoms. The van der Waals surface area contributed by atoms with E-state index in [1.807, 2.05) is 25.1 Å². The Kier molecular flexibility index (Phi) is 8.01. The van der Waals surface area contributed by atoms with E-state index in [4.69, 9.17) is 4.74 Å². The summed E-state index contributed by atoms with van der Waals surface area (Å²) >= 11 is 0. The number of benzene rings is 1. The van der Waals surface area contributed by atoms with Crippen LogP contribution in [-0.4, -0.2) is 41.2 Å². The number of carbonyl (C=O) groups excluding carboxylic acids is 1. The van der Waals surface area contributed by atoms with Crippen LogP contribution < -0.4 is 5.43 Å². The number of rotatable bonds is 10. The fourth-order valence-electron chi connectivity index (χ4n) is 4.18. The van der Waals surface area contributed by atoms with E-state index in [2.05, 4.69) is 29.9 Å². The van der Waals surface area contributed by atoms with Crippen molar-refractivity contribution in [3.05, 3.63) is 94.4 Å². The number of amides is 1. The highest BCUT2D eigenvalue weighted by molar-refractivity contribution is 5.95. The van der Waals surface area contributed by atoms with Crippen molar-refractivity contribution in [3.8, 4) is 0 Å². The van der Waals surface area contributed by atoms with E-state index >= 15 is 0 Å². The average Bonchev–Trinajstić information content (AvgIpc) is 3.28. The van der Waals surface area contributed by atoms with Crippen molar-refractivity contribution in [2.24, 2.45) is 0 Å². The van der Waals surface area contributed by atoms with Gasteiger partial charge in [-0.25, -0.2) is 0 Å². The molecule has 31 heavy (non-hydrogen) atoms. The Labute approximate surface area is 184 Å². The van der Waals surface area contributed by atoms with E-state index in [0.717, 1.165) is 37.3 Å². The van der Waals surface area contributed by atoms with Crippen LogP contribution in [0.3, 0.4) is 0 Å². The zero-order valence-electron chi connectivity index (χ0n) is 18.4. The average molecular weight is 421 g/mol. The maximum atomic E-state index is 13.5. The van der Waals surface area contributed by atoms with Gasteiger partial charge in [0.25, 0.3) is 5.91 Å². The summed E-state index contributed by atoms with van der Waals surface area (Å²) in [5.74, 6) is -0.269. The van der Waals surface area contributed by atoms with Gasteiger partial charge in [0.1, 0.15) is 5.56 Å². The standard InChI is InChI=1S/C26H32N2O3/c1-4-15-27(16-5-2)26(30)25-23(14-13-21-10-7-6-8-11-21)28(20(3)18-24(25)29)19-22-12-9-17-31-22/h4-8,10-11,18,22H,1-2,9,12-17,19H2,3H3. The molecule has 2 aromatic rings. The van der Waals surface area contributed by atoms with Gasteiger partial charge >= 0.3 is 0 Å². The van der Waals surface area contributed by atoms with E-state index in [0.29, 0.717) is 26.1 Å². The molecule has 1 aliphatic rings. The number of nitrogens with zero attached hydrogens (tertiary/aromatic N) is 2. The monoisotopic (exact) mass is 420 g/mol. The lowest BCUT2D eigenvalue weighted by atomic mass is 10.0. The van der Waals surface area contributed by atoms with Crippen LogP contribution in [0.1, 0.15) is 40.2 Å². The second-order valence-electron chi connectivity index (χ2n) is 7.99. The van der Waals surface area contributed by atoms with Gasteiger partial charge in [0.15, 0.2) is 5.43 Å². The minimum absolute atomic E-state index is 0.108. The number of hydrogen-bond acceptors (Lipinski definition) is 3. The third-order valence-electron chi connectivity index (χ3n) is 5.73. The van der Waals surface area contributed by atoms with E-state index in [1.165, 1.54) is 5.56 Å². The molecule has 3 rings (SSSR count). The lowest BCUT2D eigenvalue weighted by Crippen LogP contribution is -2.37. The van der Waals surface area contributed by atoms with E-state index < -0.39 is 0 Å². The van der Waals surface area contributed by atoms with E-state index in [-0.39, 0.29) is 23.0 Å². The van der Waals surface area contributed by atoms with Crippen LogP contribution in [-0.2, 0) is 24.1 Å². The molecule has 1 atom stereocenters. The van der Waals surface area contributed by atoms with Gasteiger partial charge in [0.05, 0.1) is 6.10 Å². The van der Waals surface area contributed by atoms with E-state index in [1.54, 1.807) is 23.1 Å². The number of aromatic nitrogens is 1. The minimum atomic E-state index is -0.269. The molecule has 1 aromatic carbocycles. The molecule has 1 unspecified atom stereocenters. The summed E-state index contributed by atoms with van der Waals surface area (Å²) in [6.45, 7) is 11.6. The normalized spacial score (nSPS) is 15.6. The molecular formula is C26H32N2O3. The largest absolute Gasteiger partial charge is 0.376 e. The van der Waals surface area contributed by atoms with Crippen LogP contribution in [0.2, 0.25) is 0 Å². The molecule has 2 heterocycles. The molecule has 0 saturated carbocycles. The van der Waals surface area contributed by atoms with Gasteiger partial charge in [-0.3, -0.25) is 9.59 Å². The second-order valence-corrected chi connectivity index (χ2v) is 7.99. The van der Waals surface area contributed by atoms with Crippen molar-refractivity contribution < 1.29 is 9.53 Å². The third-order valence-corrected chi connectivity index (χ3v) is 5.73. The third kappa shape index (κ3) is 5.61. The van der Waals surface area contributed by atoms with Crippen molar-refractivity contribution in [2.75, 3.05) is 19.7 Å². The Morgan fingerprint density at radius 3 is 2.52 bits per heavy atom. The minimum Gasteiger partial charge on any atom is -0.376 e. The van der Waals surface area contributed by atoms with Gasteiger partial charge in [-0.1, -0.05) is 42.5 Å². The quantitative estimate of drug-likeness (QED) is 0.547. The number of pyridine rings is 1. The summed E-state index contributed by atoms with van der Waals surface area (Å²) in [5.41, 5.74) is 2.84. The molecule has 1 saturated heterocycles. The topological polar surface area (TPSA) is 51.5 Å². The Morgan fingerprint density at radius 2 is 1.90 bits per heavy atom. The van der Waals surface area contributed by atoms with Gasteiger partial charge in [-0.05, 0) is 38.2 Å². The van der Waals surface area contributed by atoms with Gasteiger partial charge in [-0.2, -0.15) is 0 Å². The molecule has 1 fully saturated rings. The number of ether oxygens (including phenoxy) is 1.